The van der Waals surface area contributed by atoms with E-state index < -0.39 is 41.0 Å². The van der Waals surface area contributed by atoms with E-state index in [1.54, 1.807) is 24.3 Å². The number of aromatic amines is 1. The number of benzene rings is 3. The van der Waals surface area contributed by atoms with Crippen molar-refractivity contribution in [3.63, 3.8) is 0 Å². The van der Waals surface area contributed by atoms with Crippen LogP contribution in [0.2, 0.25) is 0 Å². The number of rotatable bonds is 3. The molecule has 178 valence electrons. The summed E-state index contributed by atoms with van der Waals surface area (Å²) in [7, 11) is 0. The molecule has 4 heterocycles. The molecule has 0 bridgehead atoms. The lowest BCUT2D eigenvalue weighted by Crippen LogP contribution is -2.53. The molecular formula is C28H21FN4O3. The summed E-state index contributed by atoms with van der Waals surface area (Å²) in [6.07, 6.45) is 2.30. The molecule has 3 amide bonds. The van der Waals surface area contributed by atoms with Crippen molar-refractivity contribution in [1.29, 1.82) is 0 Å². The van der Waals surface area contributed by atoms with Crippen molar-refractivity contribution in [2.24, 2.45) is 11.8 Å². The Morgan fingerprint density at radius 3 is 2.53 bits per heavy atom. The number of hydrogen-bond donors (Lipinski definition) is 3. The van der Waals surface area contributed by atoms with E-state index >= 15 is 0 Å². The minimum atomic E-state index is -1.55. The number of carbonyl (C=O) groups is 3. The lowest BCUT2D eigenvalue weighted by atomic mass is 9.76. The van der Waals surface area contributed by atoms with Gasteiger partial charge in [0.2, 0.25) is 17.7 Å². The predicted molar refractivity (Wildman–Crippen MR) is 132 cm³/mol. The second-order valence-corrected chi connectivity index (χ2v) is 9.62. The zero-order chi connectivity index (χ0) is 24.6. The van der Waals surface area contributed by atoms with Gasteiger partial charge in [0.1, 0.15) is 11.4 Å². The van der Waals surface area contributed by atoms with Gasteiger partial charge in [0.15, 0.2) is 0 Å². The molecule has 3 aromatic carbocycles. The van der Waals surface area contributed by atoms with Crippen LogP contribution in [0.3, 0.4) is 0 Å². The predicted octanol–water partition coefficient (Wildman–Crippen LogP) is 3.47. The molecule has 0 aliphatic carbocycles. The van der Waals surface area contributed by atoms with Crippen molar-refractivity contribution in [2.45, 2.75) is 18.0 Å². The Morgan fingerprint density at radius 1 is 0.917 bits per heavy atom. The summed E-state index contributed by atoms with van der Waals surface area (Å²) in [6, 6.07) is 20.1. The molecule has 3 N–H and O–H groups in total. The summed E-state index contributed by atoms with van der Waals surface area (Å²) in [5, 5.41) is 7.20. The molecule has 4 aromatic rings. The third-order valence-corrected chi connectivity index (χ3v) is 7.81. The fourth-order valence-corrected chi connectivity index (χ4v) is 6.32. The number of halogens is 1. The van der Waals surface area contributed by atoms with E-state index in [9.17, 15) is 18.8 Å². The van der Waals surface area contributed by atoms with Gasteiger partial charge < -0.3 is 10.3 Å². The van der Waals surface area contributed by atoms with E-state index in [1.165, 1.54) is 23.1 Å². The van der Waals surface area contributed by atoms with Crippen LogP contribution in [0, 0.1) is 17.7 Å². The number of anilines is 2. The zero-order valence-corrected chi connectivity index (χ0v) is 19.0. The first kappa shape index (κ1) is 21.0. The van der Waals surface area contributed by atoms with Gasteiger partial charge in [-0.05, 0) is 48.4 Å². The highest BCUT2D eigenvalue weighted by Crippen LogP contribution is 2.54. The van der Waals surface area contributed by atoms with E-state index in [1.807, 2.05) is 36.5 Å². The molecule has 0 saturated carbocycles. The molecule has 8 heteroatoms. The number of aromatic nitrogens is 1. The summed E-state index contributed by atoms with van der Waals surface area (Å²) in [5.74, 6) is -3.59. The largest absolute Gasteiger partial charge is 0.361 e. The summed E-state index contributed by atoms with van der Waals surface area (Å²) in [6.45, 7) is 0. The fraction of sp³-hybridized carbons (Fsp3) is 0.179. The van der Waals surface area contributed by atoms with Crippen molar-refractivity contribution < 1.29 is 18.8 Å². The van der Waals surface area contributed by atoms with E-state index in [4.69, 9.17) is 0 Å². The van der Waals surface area contributed by atoms with Crippen LogP contribution in [0.5, 0.6) is 0 Å². The normalized spacial score (nSPS) is 26.6. The summed E-state index contributed by atoms with van der Waals surface area (Å²) < 4.78 is 14.4. The number of nitrogens with zero attached hydrogens (tertiary/aromatic N) is 1. The highest BCUT2D eigenvalue weighted by Gasteiger charge is 2.70. The van der Waals surface area contributed by atoms with Crippen LogP contribution in [0.1, 0.15) is 11.1 Å². The van der Waals surface area contributed by atoms with Gasteiger partial charge in [0.05, 0.1) is 17.5 Å². The molecule has 2 fully saturated rings. The smallest absolute Gasteiger partial charge is 0.250 e. The number of carbonyl (C=O) groups excluding carboxylic acids is 3. The molecule has 1 spiro atoms. The van der Waals surface area contributed by atoms with Crippen molar-refractivity contribution >= 4 is 40.0 Å². The molecular weight excluding hydrogens is 459 g/mol. The van der Waals surface area contributed by atoms with E-state index in [2.05, 4.69) is 15.6 Å². The van der Waals surface area contributed by atoms with Crippen molar-refractivity contribution in [3.8, 4) is 0 Å². The second-order valence-electron chi connectivity index (χ2n) is 9.62. The first-order chi connectivity index (χ1) is 17.5. The van der Waals surface area contributed by atoms with E-state index in [0.29, 0.717) is 23.4 Å². The topological polar surface area (TPSA) is 94.3 Å². The van der Waals surface area contributed by atoms with Gasteiger partial charge in [-0.2, -0.15) is 0 Å². The summed E-state index contributed by atoms with van der Waals surface area (Å²) in [4.78, 5) is 45.8. The Labute approximate surface area is 205 Å². The molecule has 2 saturated heterocycles. The van der Waals surface area contributed by atoms with Gasteiger partial charge in [-0.15, -0.1) is 0 Å². The van der Waals surface area contributed by atoms with E-state index in [-0.39, 0.29) is 5.91 Å². The van der Waals surface area contributed by atoms with Gasteiger partial charge in [-0.25, -0.2) is 9.29 Å². The van der Waals surface area contributed by atoms with Crippen LogP contribution in [0.4, 0.5) is 15.8 Å². The van der Waals surface area contributed by atoms with Crippen LogP contribution in [0.25, 0.3) is 10.9 Å². The van der Waals surface area contributed by atoms with E-state index in [0.717, 1.165) is 16.5 Å². The summed E-state index contributed by atoms with van der Waals surface area (Å²) in [5.41, 5.74) is 1.65. The second kappa shape index (κ2) is 7.35. The third kappa shape index (κ3) is 2.67. The summed E-state index contributed by atoms with van der Waals surface area (Å²) >= 11 is 0. The van der Waals surface area contributed by atoms with Crippen molar-refractivity contribution in [2.75, 3.05) is 10.2 Å². The lowest BCUT2D eigenvalue weighted by molar-refractivity contribution is -0.130. The minimum Gasteiger partial charge on any atom is -0.361 e. The van der Waals surface area contributed by atoms with Crippen LogP contribution in [-0.4, -0.2) is 28.7 Å². The molecule has 3 aliphatic heterocycles. The standard InChI is InChI=1S/C28H21FN4O3/c29-16-10-11-21-19(13-16)28(27(36)31-21)24-23(25(34)33(26(24)35)17-6-2-1-3-7-17)22(32-28)12-15-14-30-20-9-5-4-8-18(15)20/h1-11,13-14,22-24,30,32H,12H2,(H,31,36)/t22-,23-,24+,28-/m1/s1. The molecule has 36 heavy (non-hydrogen) atoms. The Kier molecular flexibility index (Phi) is 4.29. The maximum atomic E-state index is 14.4. The van der Waals surface area contributed by atoms with Gasteiger partial charge in [0, 0.05) is 34.4 Å². The number of hydrogen-bond acceptors (Lipinski definition) is 4. The van der Waals surface area contributed by atoms with Crippen molar-refractivity contribution in [1.82, 2.24) is 10.3 Å². The minimum absolute atomic E-state index is 0.358. The molecule has 7 nitrogen and oxygen atoms in total. The number of H-pyrrole nitrogens is 1. The molecule has 1 aromatic heterocycles. The highest BCUT2D eigenvalue weighted by molar-refractivity contribution is 6.25. The molecule has 0 radical (unpaired) electrons. The molecule has 3 aliphatic rings. The number of fused-ring (bicyclic) bond motifs is 5. The first-order valence-corrected chi connectivity index (χ1v) is 11.9. The van der Waals surface area contributed by atoms with Gasteiger partial charge >= 0.3 is 0 Å². The Balaban J connectivity index is 1.39. The fourth-order valence-electron chi connectivity index (χ4n) is 6.32. The molecule has 0 unspecified atom stereocenters. The third-order valence-electron chi connectivity index (χ3n) is 7.81. The van der Waals surface area contributed by atoms with Crippen LogP contribution in [0.15, 0.2) is 79.0 Å². The number of nitrogens with one attached hydrogen (secondary N) is 3. The van der Waals surface area contributed by atoms with Gasteiger partial charge in [-0.1, -0.05) is 36.4 Å². The maximum absolute atomic E-state index is 14.4. The monoisotopic (exact) mass is 480 g/mol. The Bertz CT molecular complexity index is 1580. The quantitative estimate of drug-likeness (QED) is 0.392. The Hall–Kier alpha value is -4.30. The SMILES string of the molecule is O=C1[C@H]2[C@@H](C(=O)N1c1ccccc1)[C@@]1(N[C@@H]2Cc2c[nH]c3ccccc23)C(=O)Nc2ccc(F)cc21. The molecule has 4 atom stereocenters. The number of imide groups is 1. The van der Waals surface area contributed by atoms with Crippen molar-refractivity contribution in [3.05, 3.63) is 95.9 Å². The van der Waals surface area contributed by atoms with Crippen LogP contribution in [-0.2, 0) is 26.3 Å². The number of amides is 3. The average Bonchev–Trinajstić information content (AvgIpc) is 3.59. The maximum Gasteiger partial charge on any atom is 0.250 e. The molecule has 7 rings (SSSR count). The Morgan fingerprint density at radius 2 is 1.69 bits per heavy atom. The van der Waals surface area contributed by atoms with Gasteiger partial charge in [-0.3, -0.25) is 19.7 Å². The van der Waals surface area contributed by atoms with Gasteiger partial charge in [0.25, 0.3) is 0 Å². The lowest BCUT2D eigenvalue weighted by Gasteiger charge is -2.29. The average molecular weight is 480 g/mol. The van der Waals surface area contributed by atoms with Crippen LogP contribution < -0.4 is 15.5 Å². The van der Waals surface area contributed by atoms with Crippen LogP contribution >= 0.6 is 0 Å². The first-order valence-electron chi connectivity index (χ1n) is 11.9. The number of para-hydroxylation sites is 2. The zero-order valence-electron chi connectivity index (χ0n) is 19.0. The highest BCUT2D eigenvalue weighted by atomic mass is 19.1.